The highest BCUT2D eigenvalue weighted by Crippen LogP contribution is 2.34. The number of Topliss-reactive ketones (excluding diaryl/α,β-unsaturated/α-hetero) is 1. The summed E-state index contributed by atoms with van der Waals surface area (Å²) in [4.78, 5) is 17.8. The Morgan fingerprint density at radius 1 is 1.36 bits per heavy atom. The molecule has 0 bridgehead atoms. The number of hydrogen-bond acceptors (Lipinski definition) is 6. The van der Waals surface area contributed by atoms with Crippen molar-refractivity contribution in [2.24, 2.45) is 0 Å². The molecule has 3 rings (SSSR count). The molecule has 1 saturated heterocycles. The summed E-state index contributed by atoms with van der Waals surface area (Å²) in [7, 11) is 0. The molecule has 1 aliphatic heterocycles. The van der Waals surface area contributed by atoms with Gasteiger partial charge in [-0.25, -0.2) is 4.98 Å². The second-order valence-electron chi connectivity index (χ2n) is 6.51. The lowest BCUT2D eigenvalue weighted by molar-refractivity contribution is -0.115. The van der Waals surface area contributed by atoms with Crippen molar-refractivity contribution >= 4 is 33.9 Å². The summed E-state index contributed by atoms with van der Waals surface area (Å²) in [6.07, 6.45) is 1.38. The van der Waals surface area contributed by atoms with E-state index in [1.54, 1.807) is 6.92 Å². The highest BCUT2D eigenvalue weighted by Gasteiger charge is 2.34. The van der Waals surface area contributed by atoms with Crippen molar-refractivity contribution in [3.63, 3.8) is 0 Å². The molecule has 2 aromatic rings. The number of carbonyl (C=O) groups is 1. The Morgan fingerprint density at radius 2 is 2.04 bits per heavy atom. The minimum Gasteiger partial charge on any atom is -0.385 e. The first-order valence-electron chi connectivity index (χ1n) is 8.33. The first-order chi connectivity index (χ1) is 11.9. The van der Waals surface area contributed by atoms with Gasteiger partial charge >= 0.3 is 0 Å². The van der Waals surface area contributed by atoms with Gasteiger partial charge in [0.2, 0.25) is 0 Å². The zero-order valence-electron chi connectivity index (χ0n) is 14.2. The number of nitrogens with one attached hydrogen (secondary N) is 1. The third-order valence-electron chi connectivity index (χ3n) is 4.49. The summed E-state index contributed by atoms with van der Waals surface area (Å²) >= 11 is 7.45. The number of aromatic nitrogens is 1. The minimum atomic E-state index is -0.780. The SMILES string of the molecule is CC(=O)CNc1nc(CN2CCC(O)(c3ccc(Cl)cc3)CC2)cs1. The summed E-state index contributed by atoms with van der Waals surface area (Å²) in [6, 6.07) is 7.47. The Balaban J connectivity index is 1.54. The van der Waals surface area contributed by atoms with Crippen LogP contribution in [0.25, 0.3) is 0 Å². The van der Waals surface area contributed by atoms with Crippen LogP contribution < -0.4 is 5.32 Å². The Morgan fingerprint density at radius 3 is 2.68 bits per heavy atom. The summed E-state index contributed by atoms with van der Waals surface area (Å²) in [5, 5.41) is 17.4. The maximum atomic E-state index is 11.0. The lowest BCUT2D eigenvalue weighted by Crippen LogP contribution is -2.42. The number of likely N-dealkylation sites (tertiary alicyclic amines) is 1. The van der Waals surface area contributed by atoms with Crippen LogP contribution in [-0.4, -0.2) is 40.4 Å². The van der Waals surface area contributed by atoms with Crippen LogP contribution in [0.5, 0.6) is 0 Å². The normalized spacial score (nSPS) is 17.4. The van der Waals surface area contributed by atoms with E-state index in [-0.39, 0.29) is 5.78 Å². The molecule has 5 nitrogen and oxygen atoms in total. The average molecular weight is 380 g/mol. The molecule has 1 aromatic carbocycles. The van der Waals surface area contributed by atoms with Crippen LogP contribution >= 0.6 is 22.9 Å². The van der Waals surface area contributed by atoms with E-state index >= 15 is 0 Å². The van der Waals surface area contributed by atoms with Crippen LogP contribution in [0.2, 0.25) is 5.02 Å². The first kappa shape index (κ1) is 18.3. The number of hydrogen-bond donors (Lipinski definition) is 2. The highest BCUT2D eigenvalue weighted by atomic mass is 35.5. The van der Waals surface area contributed by atoms with Crippen LogP contribution in [0.4, 0.5) is 5.13 Å². The number of anilines is 1. The molecule has 2 heterocycles. The van der Waals surface area contributed by atoms with Gasteiger partial charge in [0.15, 0.2) is 5.13 Å². The van der Waals surface area contributed by atoms with E-state index in [9.17, 15) is 9.90 Å². The molecule has 0 amide bonds. The van der Waals surface area contributed by atoms with E-state index in [0.717, 1.165) is 36.0 Å². The molecule has 1 aliphatic rings. The summed E-state index contributed by atoms with van der Waals surface area (Å²) in [5.41, 5.74) is 1.14. The van der Waals surface area contributed by atoms with E-state index < -0.39 is 5.60 Å². The molecule has 0 atom stereocenters. The van der Waals surface area contributed by atoms with E-state index in [0.29, 0.717) is 24.4 Å². The number of ketones is 1. The van der Waals surface area contributed by atoms with Gasteiger partial charge in [0.1, 0.15) is 5.78 Å². The zero-order valence-corrected chi connectivity index (χ0v) is 15.7. The number of rotatable bonds is 6. The Kier molecular flexibility index (Phi) is 5.74. The standard InChI is InChI=1S/C18H22ClN3O2S/c1-13(23)10-20-17-21-16(12-25-17)11-22-8-6-18(24,7-9-22)14-2-4-15(19)5-3-14/h2-5,12,24H,6-11H2,1H3,(H,20,21). The quantitative estimate of drug-likeness (QED) is 0.806. The van der Waals surface area contributed by atoms with Gasteiger partial charge in [-0.05, 0) is 37.5 Å². The van der Waals surface area contributed by atoms with E-state index in [1.165, 1.54) is 11.3 Å². The van der Waals surface area contributed by atoms with Crippen molar-refractivity contribution in [1.29, 1.82) is 0 Å². The number of thiazole rings is 1. The summed E-state index contributed by atoms with van der Waals surface area (Å²) in [5.74, 6) is 0.0919. The second-order valence-corrected chi connectivity index (χ2v) is 7.81. The molecule has 0 saturated carbocycles. The number of benzene rings is 1. The van der Waals surface area contributed by atoms with Gasteiger partial charge in [-0.2, -0.15) is 0 Å². The number of aliphatic hydroxyl groups is 1. The van der Waals surface area contributed by atoms with Crippen LogP contribution in [-0.2, 0) is 16.9 Å². The van der Waals surface area contributed by atoms with Crippen molar-refractivity contribution in [2.75, 3.05) is 25.0 Å². The van der Waals surface area contributed by atoms with Crippen molar-refractivity contribution in [1.82, 2.24) is 9.88 Å². The Labute approximate surface area is 156 Å². The smallest absolute Gasteiger partial charge is 0.183 e. The Hall–Kier alpha value is -1.47. The van der Waals surface area contributed by atoms with Gasteiger partial charge in [0.05, 0.1) is 17.8 Å². The first-order valence-corrected chi connectivity index (χ1v) is 9.59. The molecular formula is C18H22ClN3O2S. The molecule has 0 aliphatic carbocycles. The van der Waals surface area contributed by atoms with Crippen LogP contribution in [0.3, 0.4) is 0 Å². The van der Waals surface area contributed by atoms with Gasteiger partial charge in [-0.1, -0.05) is 23.7 Å². The number of halogens is 1. The lowest BCUT2D eigenvalue weighted by atomic mass is 9.84. The third kappa shape index (κ3) is 4.79. The molecule has 25 heavy (non-hydrogen) atoms. The predicted octanol–water partition coefficient (Wildman–Crippen LogP) is 3.28. The molecular weight excluding hydrogens is 358 g/mol. The molecule has 0 unspecified atom stereocenters. The average Bonchev–Trinajstić information content (AvgIpc) is 3.03. The fourth-order valence-electron chi connectivity index (χ4n) is 3.02. The second kappa shape index (κ2) is 7.83. The van der Waals surface area contributed by atoms with Crippen molar-refractivity contribution in [3.8, 4) is 0 Å². The fourth-order valence-corrected chi connectivity index (χ4v) is 3.85. The molecule has 1 aromatic heterocycles. The van der Waals surface area contributed by atoms with Gasteiger partial charge in [-0.15, -0.1) is 11.3 Å². The highest BCUT2D eigenvalue weighted by molar-refractivity contribution is 7.13. The van der Waals surface area contributed by atoms with Gasteiger partial charge in [-0.3, -0.25) is 9.69 Å². The van der Waals surface area contributed by atoms with Crippen molar-refractivity contribution < 1.29 is 9.90 Å². The third-order valence-corrected chi connectivity index (χ3v) is 5.59. The monoisotopic (exact) mass is 379 g/mol. The number of piperidine rings is 1. The van der Waals surface area contributed by atoms with E-state index in [4.69, 9.17) is 11.6 Å². The molecule has 0 radical (unpaired) electrons. The van der Waals surface area contributed by atoms with Crippen LogP contribution in [0.15, 0.2) is 29.6 Å². The Bertz CT molecular complexity index is 724. The molecule has 1 fully saturated rings. The lowest BCUT2D eigenvalue weighted by Gasteiger charge is -2.38. The van der Waals surface area contributed by atoms with E-state index in [1.807, 2.05) is 29.6 Å². The minimum absolute atomic E-state index is 0.0919. The fraction of sp³-hybridized carbons (Fsp3) is 0.444. The molecule has 2 N–H and O–H groups in total. The van der Waals surface area contributed by atoms with Gasteiger partial charge in [0.25, 0.3) is 0 Å². The number of carbonyl (C=O) groups excluding carboxylic acids is 1. The maximum Gasteiger partial charge on any atom is 0.183 e. The molecule has 7 heteroatoms. The van der Waals surface area contributed by atoms with Crippen LogP contribution in [0, 0.1) is 0 Å². The summed E-state index contributed by atoms with van der Waals surface area (Å²) in [6.45, 7) is 4.25. The van der Waals surface area contributed by atoms with Gasteiger partial charge < -0.3 is 10.4 Å². The molecule has 134 valence electrons. The van der Waals surface area contributed by atoms with E-state index in [2.05, 4.69) is 15.2 Å². The predicted molar refractivity (Wildman–Crippen MR) is 101 cm³/mol. The summed E-state index contributed by atoms with van der Waals surface area (Å²) < 4.78 is 0. The zero-order chi connectivity index (χ0) is 17.9. The van der Waals surface area contributed by atoms with Gasteiger partial charge in [0, 0.05) is 30.0 Å². The number of nitrogens with zero attached hydrogens (tertiary/aromatic N) is 2. The topological polar surface area (TPSA) is 65.5 Å². The maximum absolute atomic E-state index is 11.0. The largest absolute Gasteiger partial charge is 0.385 e. The van der Waals surface area contributed by atoms with Crippen LogP contribution in [0.1, 0.15) is 31.0 Å². The van der Waals surface area contributed by atoms with Crippen molar-refractivity contribution in [3.05, 3.63) is 45.9 Å². The van der Waals surface area contributed by atoms with Crippen molar-refractivity contribution in [2.45, 2.75) is 31.9 Å². The molecule has 0 spiro atoms.